The van der Waals surface area contributed by atoms with Gasteiger partial charge in [-0.3, -0.25) is 0 Å². The smallest absolute Gasteiger partial charge is 0.0322 e. The molecule has 0 spiro atoms. The Kier molecular flexibility index (Phi) is 1.10. The molecule has 6 heavy (non-hydrogen) atoms. The molecule has 0 bridgehead atoms. The minimum atomic E-state index is 0.671. The Balaban J connectivity index is 2.38. The van der Waals surface area contributed by atoms with Crippen molar-refractivity contribution < 1.29 is 0 Å². The van der Waals surface area contributed by atoms with Crippen molar-refractivity contribution in [3.63, 3.8) is 0 Å². The topological polar surface area (TPSA) is 0 Å². The monoisotopic (exact) mass is 95.0 g/mol. The summed E-state index contributed by atoms with van der Waals surface area (Å²) in [5.41, 5.74) is 0.671. The van der Waals surface area contributed by atoms with Gasteiger partial charge in [-0.25, -0.2) is 0 Å². The molecule has 1 atom stereocenters. The summed E-state index contributed by atoms with van der Waals surface area (Å²) in [7, 11) is 3.50. The van der Waals surface area contributed by atoms with Crippen LogP contribution in [-0.4, -0.2) is 10.2 Å². The molecule has 0 fully saturated rings. The fraction of sp³-hybridized carbons (Fsp3) is 0.600. The highest BCUT2D eigenvalue weighted by Crippen LogP contribution is 2.17. The maximum Gasteiger partial charge on any atom is 0.0322 e. The molecule has 1 aliphatic rings. The van der Waals surface area contributed by atoms with Crippen molar-refractivity contribution in [2.45, 2.75) is 18.4 Å². The highest BCUT2D eigenvalue weighted by molar-refractivity contribution is 6.13. The molecule has 3 radical (unpaired) electrons. The summed E-state index contributed by atoms with van der Waals surface area (Å²) in [5, 5.41) is 0. The molecule has 0 saturated heterocycles. The number of hydrogen-bond donors (Lipinski definition) is 0. The quantitative estimate of drug-likeness (QED) is 0.314. The van der Waals surface area contributed by atoms with Gasteiger partial charge in [-0.1, -0.05) is 12.2 Å². The Morgan fingerprint density at radius 3 is 2.67 bits per heavy atom. The number of allylic oxidation sites excluding steroid dienone is 2. The highest BCUT2D eigenvalue weighted by atomic mass is 28.1. The van der Waals surface area contributed by atoms with Crippen LogP contribution < -0.4 is 0 Å². The van der Waals surface area contributed by atoms with Crippen LogP contribution in [-0.2, 0) is 0 Å². The van der Waals surface area contributed by atoms with Gasteiger partial charge in [0, 0.05) is 10.2 Å². The van der Waals surface area contributed by atoms with E-state index >= 15 is 0 Å². The van der Waals surface area contributed by atoms with Crippen molar-refractivity contribution >= 4 is 10.2 Å². The second kappa shape index (κ2) is 1.60. The number of rotatable bonds is 0. The van der Waals surface area contributed by atoms with Crippen molar-refractivity contribution in [2.75, 3.05) is 0 Å². The molecule has 0 nitrogen and oxygen atoms in total. The zero-order chi connectivity index (χ0) is 4.41. The summed E-state index contributed by atoms with van der Waals surface area (Å²) in [4.78, 5) is 0. The van der Waals surface area contributed by atoms with Crippen molar-refractivity contribution in [3.05, 3.63) is 12.2 Å². The van der Waals surface area contributed by atoms with Gasteiger partial charge in [0.1, 0.15) is 0 Å². The summed E-state index contributed by atoms with van der Waals surface area (Å²) in [6.45, 7) is 0. The van der Waals surface area contributed by atoms with Crippen molar-refractivity contribution in [2.24, 2.45) is 0 Å². The van der Waals surface area contributed by atoms with Gasteiger partial charge in [0.25, 0.3) is 0 Å². The van der Waals surface area contributed by atoms with E-state index in [2.05, 4.69) is 22.4 Å². The molecule has 31 valence electrons. The van der Waals surface area contributed by atoms with Crippen molar-refractivity contribution in [1.29, 1.82) is 0 Å². The lowest BCUT2D eigenvalue weighted by atomic mass is 10.4. The zero-order valence-corrected chi connectivity index (χ0v) is 4.65. The van der Waals surface area contributed by atoms with Crippen LogP contribution in [0.5, 0.6) is 0 Å². The highest BCUT2D eigenvalue weighted by Gasteiger charge is 1.99. The fourth-order valence-electron chi connectivity index (χ4n) is 0.632. The van der Waals surface area contributed by atoms with Crippen LogP contribution in [0.25, 0.3) is 0 Å². The Morgan fingerprint density at radius 2 is 2.50 bits per heavy atom. The Hall–Kier alpha value is -0.0431. The van der Waals surface area contributed by atoms with Crippen LogP contribution in [0.3, 0.4) is 0 Å². The van der Waals surface area contributed by atoms with Crippen LogP contribution in [0.2, 0.25) is 5.54 Å². The summed E-state index contributed by atoms with van der Waals surface area (Å²) in [6, 6.07) is 0. The van der Waals surface area contributed by atoms with Crippen LogP contribution >= 0.6 is 0 Å². The van der Waals surface area contributed by atoms with Crippen LogP contribution in [0.4, 0.5) is 0 Å². The molecule has 1 heteroatoms. The van der Waals surface area contributed by atoms with E-state index in [1.807, 2.05) is 0 Å². The molecule has 0 saturated carbocycles. The molecule has 0 aliphatic heterocycles. The summed E-state index contributed by atoms with van der Waals surface area (Å²) in [6.07, 6.45) is 6.94. The lowest BCUT2D eigenvalue weighted by molar-refractivity contribution is 0.925. The second-order valence-electron chi connectivity index (χ2n) is 1.61. The molecule has 0 amide bonds. The number of hydrogen-bond acceptors (Lipinski definition) is 0. The van der Waals surface area contributed by atoms with Gasteiger partial charge >= 0.3 is 0 Å². The normalized spacial score (nSPS) is 31.8. The average Bonchev–Trinajstić information content (AvgIpc) is 1.86. The Morgan fingerprint density at radius 1 is 1.67 bits per heavy atom. The van der Waals surface area contributed by atoms with Gasteiger partial charge in [0.15, 0.2) is 0 Å². The van der Waals surface area contributed by atoms with Gasteiger partial charge in [-0.15, -0.1) is 0 Å². The maximum absolute atomic E-state index is 3.50. The van der Waals surface area contributed by atoms with Gasteiger partial charge < -0.3 is 0 Å². The predicted octanol–water partition coefficient (Wildman–Crippen LogP) is 1.29. The molecule has 0 aromatic heterocycles. The Labute approximate surface area is 41.7 Å². The first-order chi connectivity index (χ1) is 2.89. The third-order valence-electron chi connectivity index (χ3n) is 1.01. The Bertz CT molecular complexity index is 66.3. The molecule has 0 aromatic rings. The fourth-order valence-corrected chi connectivity index (χ4v) is 0.935. The molecule has 0 N–H and O–H groups in total. The first-order valence-electron chi connectivity index (χ1n) is 2.27. The van der Waals surface area contributed by atoms with E-state index in [1.165, 1.54) is 12.8 Å². The molecular weight excluding hydrogens is 88.1 g/mol. The summed E-state index contributed by atoms with van der Waals surface area (Å²) in [5.74, 6) is 0. The van der Waals surface area contributed by atoms with E-state index < -0.39 is 0 Å². The van der Waals surface area contributed by atoms with E-state index in [0.29, 0.717) is 5.54 Å². The lowest BCUT2D eigenvalue weighted by Crippen LogP contribution is -1.76. The SMILES string of the molecule is [Si]C1C=CCC1. The molecular formula is C5H7Si. The zero-order valence-electron chi connectivity index (χ0n) is 3.65. The standard InChI is InChI=1S/C5H7Si/c6-5-3-1-2-4-5/h1,3,5H,2,4H2. The van der Waals surface area contributed by atoms with Gasteiger partial charge in [-0.05, 0) is 18.4 Å². The third kappa shape index (κ3) is 0.715. The maximum atomic E-state index is 3.50. The second-order valence-corrected chi connectivity index (χ2v) is 2.35. The van der Waals surface area contributed by atoms with Crippen LogP contribution in [0.1, 0.15) is 12.8 Å². The van der Waals surface area contributed by atoms with Crippen molar-refractivity contribution in [3.8, 4) is 0 Å². The lowest BCUT2D eigenvalue weighted by Gasteiger charge is -1.88. The molecule has 0 aromatic carbocycles. The van der Waals surface area contributed by atoms with Gasteiger partial charge in [0.05, 0.1) is 0 Å². The first kappa shape index (κ1) is 4.12. The average molecular weight is 95.2 g/mol. The van der Waals surface area contributed by atoms with Gasteiger partial charge in [-0.2, -0.15) is 0 Å². The van der Waals surface area contributed by atoms with Crippen LogP contribution in [0, 0.1) is 0 Å². The molecule has 1 aliphatic carbocycles. The van der Waals surface area contributed by atoms with E-state index in [9.17, 15) is 0 Å². The van der Waals surface area contributed by atoms with E-state index in [1.54, 1.807) is 0 Å². The predicted molar refractivity (Wildman–Crippen MR) is 27.9 cm³/mol. The molecule has 1 rings (SSSR count). The molecule has 0 heterocycles. The minimum absolute atomic E-state index is 0.671. The minimum Gasteiger partial charge on any atom is -0.0889 e. The first-order valence-corrected chi connectivity index (χ1v) is 2.85. The van der Waals surface area contributed by atoms with E-state index in [4.69, 9.17) is 0 Å². The van der Waals surface area contributed by atoms with E-state index in [-0.39, 0.29) is 0 Å². The summed E-state index contributed by atoms with van der Waals surface area (Å²) >= 11 is 0. The summed E-state index contributed by atoms with van der Waals surface area (Å²) < 4.78 is 0. The largest absolute Gasteiger partial charge is 0.0889 e. The molecule has 1 unspecified atom stereocenters. The third-order valence-corrected chi connectivity index (χ3v) is 1.49. The van der Waals surface area contributed by atoms with E-state index in [0.717, 1.165) is 0 Å². The van der Waals surface area contributed by atoms with Crippen molar-refractivity contribution in [1.82, 2.24) is 0 Å². The van der Waals surface area contributed by atoms with Gasteiger partial charge in [0.2, 0.25) is 0 Å². The van der Waals surface area contributed by atoms with Crippen LogP contribution in [0.15, 0.2) is 12.2 Å².